The van der Waals surface area contributed by atoms with E-state index < -0.39 is 6.10 Å². The number of benzene rings is 1. The molecule has 0 radical (unpaired) electrons. The van der Waals surface area contributed by atoms with Crippen LogP contribution in [0.15, 0.2) is 18.2 Å². The second-order valence-corrected chi connectivity index (χ2v) is 3.39. The summed E-state index contributed by atoms with van der Waals surface area (Å²) in [4.78, 5) is 11.0. The van der Waals surface area contributed by atoms with Gasteiger partial charge in [0.25, 0.3) is 0 Å². The number of carbonyl (C=O) groups is 1. The van der Waals surface area contributed by atoms with Gasteiger partial charge in [-0.25, -0.2) is 0 Å². The highest BCUT2D eigenvalue weighted by molar-refractivity contribution is 5.80. The lowest BCUT2D eigenvalue weighted by Crippen LogP contribution is -2.20. The molecular formula is C11H12O4. The molecule has 1 atom stereocenters. The second-order valence-electron chi connectivity index (χ2n) is 3.39. The first kappa shape index (κ1) is 9.83. The van der Waals surface area contributed by atoms with E-state index >= 15 is 0 Å². The molecule has 0 saturated carbocycles. The Morgan fingerprint density at radius 1 is 1.40 bits per heavy atom. The van der Waals surface area contributed by atoms with Gasteiger partial charge in [0.05, 0.1) is 0 Å². The molecule has 0 spiro atoms. The fourth-order valence-corrected chi connectivity index (χ4v) is 1.24. The summed E-state index contributed by atoms with van der Waals surface area (Å²) in [5.41, 5.74) is 0. The molecule has 1 heterocycles. The van der Waals surface area contributed by atoms with Crippen LogP contribution in [0.3, 0.4) is 0 Å². The van der Waals surface area contributed by atoms with Crippen LogP contribution in [0, 0.1) is 0 Å². The molecule has 0 N–H and O–H groups in total. The van der Waals surface area contributed by atoms with Gasteiger partial charge in [0.2, 0.25) is 6.79 Å². The molecule has 0 aromatic heterocycles. The largest absolute Gasteiger partial charge is 0.483 e. The van der Waals surface area contributed by atoms with Gasteiger partial charge in [0.1, 0.15) is 5.75 Å². The minimum atomic E-state index is -0.439. The van der Waals surface area contributed by atoms with Crippen LogP contribution < -0.4 is 14.2 Å². The topological polar surface area (TPSA) is 44.8 Å². The fraction of sp³-hybridized carbons (Fsp3) is 0.364. The van der Waals surface area contributed by atoms with Crippen LogP contribution in [-0.2, 0) is 4.79 Å². The number of ether oxygens (including phenoxy) is 3. The highest BCUT2D eigenvalue weighted by Gasteiger charge is 2.15. The van der Waals surface area contributed by atoms with Crippen LogP contribution in [0.5, 0.6) is 17.2 Å². The van der Waals surface area contributed by atoms with Crippen molar-refractivity contribution in [2.24, 2.45) is 0 Å². The van der Waals surface area contributed by atoms with E-state index in [2.05, 4.69) is 0 Å². The van der Waals surface area contributed by atoms with E-state index in [-0.39, 0.29) is 12.6 Å². The lowest BCUT2D eigenvalue weighted by Gasteiger charge is -2.11. The standard InChI is InChI=1S/C11H12O4/c1-7(12)8(2)15-9-3-4-10-11(5-9)14-6-13-10/h3-5,8H,6H2,1-2H3. The van der Waals surface area contributed by atoms with Crippen molar-refractivity contribution in [1.82, 2.24) is 0 Å². The number of fused-ring (bicyclic) bond motifs is 1. The van der Waals surface area contributed by atoms with Gasteiger partial charge in [-0.3, -0.25) is 4.79 Å². The average Bonchev–Trinajstić information content (AvgIpc) is 2.64. The summed E-state index contributed by atoms with van der Waals surface area (Å²) in [7, 11) is 0. The molecule has 1 aliphatic heterocycles. The Hall–Kier alpha value is -1.71. The first-order chi connectivity index (χ1) is 7.16. The average molecular weight is 208 g/mol. The SMILES string of the molecule is CC(=O)C(C)Oc1ccc2c(c1)OCO2. The number of rotatable bonds is 3. The molecule has 1 aromatic rings. The molecule has 0 amide bonds. The third kappa shape index (κ3) is 2.03. The van der Waals surface area contributed by atoms with Crippen molar-refractivity contribution < 1.29 is 19.0 Å². The lowest BCUT2D eigenvalue weighted by atomic mass is 10.2. The van der Waals surface area contributed by atoms with E-state index in [1.54, 1.807) is 25.1 Å². The van der Waals surface area contributed by atoms with E-state index in [9.17, 15) is 4.79 Å². The number of Topliss-reactive ketones (excluding diaryl/α,β-unsaturated/α-hetero) is 1. The Labute approximate surface area is 87.8 Å². The highest BCUT2D eigenvalue weighted by Crippen LogP contribution is 2.35. The maximum Gasteiger partial charge on any atom is 0.231 e. The number of hydrogen-bond acceptors (Lipinski definition) is 4. The third-order valence-corrected chi connectivity index (χ3v) is 2.23. The van der Waals surface area contributed by atoms with Crippen molar-refractivity contribution in [1.29, 1.82) is 0 Å². The number of carbonyl (C=O) groups excluding carboxylic acids is 1. The molecule has 1 unspecified atom stereocenters. The quantitative estimate of drug-likeness (QED) is 0.759. The molecule has 0 aliphatic carbocycles. The molecule has 15 heavy (non-hydrogen) atoms. The van der Waals surface area contributed by atoms with E-state index in [0.29, 0.717) is 17.2 Å². The van der Waals surface area contributed by atoms with Gasteiger partial charge in [-0.15, -0.1) is 0 Å². The molecule has 0 fully saturated rings. The Morgan fingerprint density at radius 3 is 2.87 bits per heavy atom. The zero-order valence-electron chi connectivity index (χ0n) is 8.65. The van der Waals surface area contributed by atoms with Gasteiger partial charge < -0.3 is 14.2 Å². The fourth-order valence-electron chi connectivity index (χ4n) is 1.24. The highest BCUT2D eigenvalue weighted by atomic mass is 16.7. The van der Waals surface area contributed by atoms with E-state index in [4.69, 9.17) is 14.2 Å². The molecular weight excluding hydrogens is 196 g/mol. The van der Waals surface area contributed by atoms with Crippen molar-refractivity contribution in [2.75, 3.05) is 6.79 Å². The third-order valence-electron chi connectivity index (χ3n) is 2.23. The van der Waals surface area contributed by atoms with Crippen LogP contribution in [-0.4, -0.2) is 18.7 Å². The van der Waals surface area contributed by atoms with Crippen LogP contribution >= 0.6 is 0 Å². The van der Waals surface area contributed by atoms with E-state index in [1.807, 2.05) is 0 Å². The minimum Gasteiger partial charge on any atom is -0.483 e. The Morgan fingerprint density at radius 2 is 2.13 bits per heavy atom. The Bertz CT molecular complexity index is 386. The van der Waals surface area contributed by atoms with Crippen LogP contribution in [0.4, 0.5) is 0 Å². The van der Waals surface area contributed by atoms with Crippen LogP contribution in [0.2, 0.25) is 0 Å². The summed E-state index contributed by atoms with van der Waals surface area (Å²) in [6.45, 7) is 3.45. The molecule has 0 bridgehead atoms. The summed E-state index contributed by atoms with van der Waals surface area (Å²) >= 11 is 0. The molecule has 0 saturated heterocycles. The normalized spacial score (nSPS) is 14.8. The number of hydrogen-bond donors (Lipinski definition) is 0. The predicted octanol–water partition coefficient (Wildman–Crippen LogP) is 1.77. The van der Waals surface area contributed by atoms with Crippen molar-refractivity contribution in [3.8, 4) is 17.2 Å². The maximum atomic E-state index is 11.0. The van der Waals surface area contributed by atoms with Crippen LogP contribution in [0.25, 0.3) is 0 Å². The van der Waals surface area contributed by atoms with Crippen molar-refractivity contribution in [3.63, 3.8) is 0 Å². The lowest BCUT2D eigenvalue weighted by molar-refractivity contribution is -0.122. The molecule has 4 heteroatoms. The first-order valence-corrected chi connectivity index (χ1v) is 4.73. The van der Waals surface area contributed by atoms with Gasteiger partial charge in [-0.1, -0.05) is 0 Å². The predicted molar refractivity (Wildman–Crippen MR) is 53.3 cm³/mol. The van der Waals surface area contributed by atoms with Gasteiger partial charge in [0, 0.05) is 6.07 Å². The Kier molecular flexibility index (Phi) is 2.49. The van der Waals surface area contributed by atoms with Crippen molar-refractivity contribution >= 4 is 5.78 Å². The van der Waals surface area contributed by atoms with Crippen molar-refractivity contribution in [3.05, 3.63) is 18.2 Å². The molecule has 4 nitrogen and oxygen atoms in total. The molecule has 1 aliphatic rings. The summed E-state index contributed by atoms with van der Waals surface area (Å²) in [5.74, 6) is 1.97. The van der Waals surface area contributed by atoms with Crippen molar-refractivity contribution in [2.45, 2.75) is 20.0 Å². The second kappa shape index (κ2) is 3.81. The number of ketones is 1. The summed E-state index contributed by atoms with van der Waals surface area (Å²) in [6.07, 6.45) is -0.439. The van der Waals surface area contributed by atoms with Gasteiger partial charge >= 0.3 is 0 Å². The molecule has 2 rings (SSSR count). The minimum absolute atomic E-state index is 0.00679. The zero-order chi connectivity index (χ0) is 10.8. The maximum absolute atomic E-state index is 11.0. The first-order valence-electron chi connectivity index (χ1n) is 4.73. The van der Waals surface area contributed by atoms with Gasteiger partial charge in [0.15, 0.2) is 23.4 Å². The van der Waals surface area contributed by atoms with E-state index in [1.165, 1.54) is 6.92 Å². The smallest absolute Gasteiger partial charge is 0.231 e. The molecule has 1 aromatic carbocycles. The van der Waals surface area contributed by atoms with Crippen LogP contribution in [0.1, 0.15) is 13.8 Å². The summed E-state index contributed by atoms with van der Waals surface area (Å²) < 4.78 is 15.8. The summed E-state index contributed by atoms with van der Waals surface area (Å²) in [5, 5.41) is 0. The monoisotopic (exact) mass is 208 g/mol. The van der Waals surface area contributed by atoms with Gasteiger partial charge in [-0.05, 0) is 26.0 Å². The van der Waals surface area contributed by atoms with E-state index in [0.717, 1.165) is 0 Å². The summed E-state index contributed by atoms with van der Waals surface area (Å²) in [6, 6.07) is 5.25. The Balaban J connectivity index is 2.13. The van der Waals surface area contributed by atoms with Gasteiger partial charge in [-0.2, -0.15) is 0 Å². The zero-order valence-corrected chi connectivity index (χ0v) is 8.65. The molecule has 80 valence electrons.